The molecule has 31 heavy (non-hydrogen) atoms. The number of aromatic nitrogens is 3. The highest BCUT2D eigenvalue weighted by Gasteiger charge is 2.56. The molecular weight excluding hydrogens is 394 g/mol. The Balaban J connectivity index is 1.47. The van der Waals surface area contributed by atoms with Gasteiger partial charge in [0.15, 0.2) is 5.82 Å². The molecule has 0 spiro atoms. The van der Waals surface area contributed by atoms with Crippen LogP contribution in [0.15, 0.2) is 59.4 Å². The molecule has 0 radical (unpaired) electrons. The lowest BCUT2D eigenvalue weighted by atomic mass is 9.73. The number of nitrogens with zero attached hydrogens (tertiary/aromatic N) is 5. The van der Waals surface area contributed by atoms with Crippen LogP contribution in [0.4, 0.5) is 0 Å². The van der Waals surface area contributed by atoms with E-state index in [1.54, 1.807) is 31.5 Å². The summed E-state index contributed by atoms with van der Waals surface area (Å²) in [5.41, 5.74) is 0.622. The minimum absolute atomic E-state index is 0.0216. The highest BCUT2D eigenvalue weighted by atomic mass is 16.5. The summed E-state index contributed by atoms with van der Waals surface area (Å²) >= 11 is 0. The minimum atomic E-state index is -0.582. The molecule has 1 aromatic carbocycles. The first-order valence-corrected chi connectivity index (χ1v) is 10.4. The van der Waals surface area contributed by atoms with Crippen LogP contribution in [0, 0.1) is 12.8 Å². The monoisotopic (exact) mass is 417 g/mol. The fourth-order valence-corrected chi connectivity index (χ4v) is 4.83. The molecule has 5 rings (SSSR count). The van der Waals surface area contributed by atoms with Crippen LogP contribution < -0.4 is 0 Å². The zero-order valence-corrected chi connectivity index (χ0v) is 17.3. The summed E-state index contributed by atoms with van der Waals surface area (Å²) < 4.78 is 5.63. The van der Waals surface area contributed by atoms with Gasteiger partial charge in [0.2, 0.25) is 5.89 Å². The minimum Gasteiger partial charge on any atom is -0.339 e. The van der Waals surface area contributed by atoms with Crippen LogP contribution >= 0.6 is 0 Å². The predicted octanol–water partition coefficient (Wildman–Crippen LogP) is 2.33. The summed E-state index contributed by atoms with van der Waals surface area (Å²) in [6.07, 6.45) is 3.99. The lowest BCUT2D eigenvalue weighted by molar-refractivity contribution is 0.0536. The van der Waals surface area contributed by atoms with Crippen molar-refractivity contribution in [2.75, 3.05) is 26.2 Å². The van der Waals surface area contributed by atoms with E-state index in [1.165, 1.54) is 0 Å². The number of likely N-dealkylation sites (tertiary alicyclic amines) is 2. The van der Waals surface area contributed by atoms with Gasteiger partial charge in [0.05, 0.1) is 11.0 Å². The second kappa shape index (κ2) is 7.61. The smallest absolute Gasteiger partial charge is 0.255 e. The fourth-order valence-electron chi connectivity index (χ4n) is 4.83. The van der Waals surface area contributed by atoms with E-state index in [0.29, 0.717) is 49.0 Å². The van der Waals surface area contributed by atoms with Gasteiger partial charge in [0, 0.05) is 44.1 Å². The summed E-state index contributed by atoms with van der Waals surface area (Å²) in [6.45, 7) is 3.85. The Hall–Kier alpha value is -3.55. The first kappa shape index (κ1) is 19.4. The van der Waals surface area contributed by atoms with E-state index >= 15 is 0 Å². The maximum Gasteiger partial charge on any atom is 0.255 e. The van der Waals surface area contributed by atoms with Crippen molar-refractivity contribution in [1.82, 2.24) is 24.9 Å². The van der Waals surface area contributed by atoms with Crippen molar-refractivity contribution < 1.29 is 14.1 Å². The van der Waals surface area contributed by atoms with E-state index in [0.717, 1.165) is 6.42 Å². The van der Waals surface area contributed by atoms with Gasteiger partial charge in [-0.05, 0) is 43.5 Å². The Kier molecular flexibility index (Phi) is 4.77. The van der Waals surface area contributed by atoms with Crippen molar-refractivity contribution in [3.05, 3.63) is 77.7 Å². The Morgan fingerprint density at radius 2 is 1.77 bits per heavy atom. The largest absolute Gasteiger partial charge is 0.339 e. The summed E-state index contributed by atoms with van der Waals surface area (Å²) in [4.78, 5) is 38.6. The van der Waals surface area contributed by atoms with E-state index in [9.17, 15) is 9.59 Å². The van der Waals surface area contributed by atoms with E-state index in [1.807, 2.05) is 40.1 Å². The summed E-state index contributed by atoms with van der Waals surface area (Å²) in [6, 6.07) is 12.8. The number of amides is 2. The third-order valence-corrected chi connectivity index (χ3v) is 6.37. The quantitative estimate of drug-likeness (QED) is 0.649. The number of fused-ring (bicyclic) bond motifs is 1. The molecule has 8 heteroatoms. The SMILES string of the molecule is Cc1noc([C@]23CN(C(=O)c4ccccc4)CC[C@H]2CN(C(=O)c2cccnc2)C3)n1. The molecule has 0 N–H and O–H groups in total. The molecule has 4 heterocycles. The molecule has 2 saturated heterocycles. The van der Waals surface area contributed by atoms with Crippen LogP contribution in [-0.4, -0.2) is 62.9 Å². The number of pyridine rings is 1. The number of hydrogen-bond donors (Lipinski definition) is 0. The van der Waals surface area contributed by atoms with E-state index in [2.05, 4.69) is 15.1 Å². The van der Waals surface area contributed by atoms with Gasteiger partial charge in [0.1, 0.15) is 0 Å². The van der Waals surface area contributed by atoms with Gasteiger partial charge in [0.25, 0.3) is 11.8 Å². The third kappa shape index (κ3) is 3.37. The topological polar surface area (TPSA) is 92.4 Å². The lowest BCUT2D eigenvalue weighted by Gasteiger charge is -2.41. The van der Waals surface area contributed by atoms with Crippen molar-refractivity contribution in [1.29, 1.82) is 0 Å². The molecule has 2 amide bonds. The maximum absolute atomic E-state index is 13.2. The molecule has 2 atom stereocenters. The van der Waals surface area contributed by atoms with Gasteiger partial charge in [-0.25, -0.2) is 0 Å². The standard InChI is InChI=1S/C23H23N5O3/c1-16-25-22(31-26-16)23-14-27(20(29)17-6-3-2-4-7-17)11-9-19(23)13-28(15-23)21(30)18-8-5-10-24-12-18/h2-8,10,12,19H,9,11,13-15H2,1H3/t19-,23-/m0/s1. The Bertz CT molecular complexity index is 1050. The second-order valence-electron chi connectivity index (χ2n) is 8.31. The molecule has 0 aliphatic carbocycles. The number of carbonyl (C=O) groups is 2. The van der Waals surface area contributed by atoms with Crippen LogP contribution in [0.5, 0.6) is 0 Å². The lowest BCUT2D eigenvalue weighted by Crippen LogP contribution is -2.53. The van der Waals surface area contributed by atoms with Crippen molar-refractivity contribution >= 4 is 11.8 Å². The van der Waals surface area contributed by atoms with Crippen LogP contribution in [-0.2, 0) is 5.41 Å². The first-order valence-electron chi connectivity index (χ1n) is 10.4. The summed E-state index contributed by atoms with van der Waals surface area (Å²) in [7, 11) is 0. The molecule has 2 aliphatic heterocycles. The maximum atomic E-state index is 13.2. The fraction of sp³-hybridized carbons (Fsp3) is 0.348. The van der Waals surface area contributed by atoms with Crippen molar-refractivity contribution in [3.63, 3.8) is 0 Å². The van der Waals surface area contributed by atoms with Gasteiger partial charge in [-0.3, -0.25) is 14.6 Å². The molecule has 2 aromatic heterocycles. The van der Waals surface area contributed by atoms with Gasteiger partial charge >= 0.3 is 0 Å². The molecule has 0 bridgehead atoms. The van der Waals surface area contributed by atoms with Gasteiger partial charge in [-0.15, -0.1) is 0 Å². The van der Waals surface area contributed by atoms with Crippen LogP contribution in [0.25, 0.3) is 0 Å². The average Bonchev–Trinajstić information content (AvgIpc) is 3.43. The number of piperidine rings is 1. The molecule has 3 aromatic rings. The Morgan fingerprint density at radius 3 is 2.48 bits per heavy atom. The van der Waals surface area contributed by atoms with E-state index in [4.69, 9.17) is 4.52 Å². The zero-order chi connectivity index (χ0) is 21.4. The zero-order valence-electron chi connectivity index (χ0n) is 17.3. The van der Waals surface area contributed by atoms with Crippen LogP contribution in [0.2, 0.25) is 0 Å². The molecule has 8 nitrogen and oxygen atoms in total. The normalized spacial score (nSPS) is 22.9. The summed E-state index contributed by atoms with van der Waals surface area (Å²) in [5.74, 6) is 1.09. The highest BCUT2D eigenvalue weighted by molar-refractivity contribution is 5.95. The van der Waals surface area contributed by atoms with Crippen LogP contribution in [0.3, 0.4) is 0 Å². The number of hydrogen-bond acceptors (Lipinski definition) is 6. The number of rotatable bonds is 3. The van der Waals surface area contributed by atoms with Gasteiger partial charge < -0.3 is 14.3 Å². The molecule has 158 valence electrons. The Morgan fingerprint density at radius 1 is 1.03 bits per heavy atom. The molecule has 2 aliphatic rings. The van der Waals surface area contributed by atoms with Crippen molar-refractivity contribution in [2.24, 2.45) is 5.92 Å². The summed E-state index contributed by atoms with van der Waals surface area (Å²) in [5, 5.41) is 4.00. The molecule has 2 fully saturated rings. The number of benzene rings is 1. The average molecular weight is 417 g/mol. The van der Waals surface area contributed by atoms with Crippen molar-refractivity contribution in [2.45, 2.75) is 18.8 Å². The van der Waals surface area contributed by atoms with E-state index < -0.39 is 5.41 Å². The number of carbonyl (C=O) groups excluding carboxylic acids is 2. The van der Waals surface area contributed by atoms with Gasteiger partial charge in [-0.2, -0.15) is 4.98 Å². The molecular formula is C23H23N5O3. The number of aryl methyl sites for hydroxylation is 1. The van der Waals surface area contributed by atoms with Crippen molar-refractivity contribution in [3.8, 4) is 0 Å². The third-order valence-electron chi connectivity index (χ3n) is 6.37. The molecule has 0 unspecified atom stereocenters. The van der Waals surface area contributed by atoms with Crippen LogP contribution in [0.1, 0.15) is 38.9 Å². The Labute approximate surface area is 179 Å². The van der Waals surface area contributed by atoms with Gasteiger partial charge in [-0.1, -0.05) is 23.4 Å². The van der Waals surface area contributed by atoms with E-state index in [-0.39, 0.29) is 17.7 Å². The predicted molar refractivity (Wildman–Crippen MR) is 111 cm³/mol. The second-order valence-corrected chi connectivity index (χ2v) is 8.31. The highest BCUT2D eigenvalue weighted by Crippen LogP contribution is 2.44. The molecule has 0 saturated carbocycles. The first-order chi connectivity index (χ1) is 15.1.